The van der Waals surface area contributed by atoms with Gasteiger partial charge in [0, 0.05) is 34.7 Å². The van der Waals surface area contributed by atoms with Gasteiger partial charge in [-0.3, -0.25) is 4.79 Å². The quantitative estimate of drug-likeness (QED) is 0.311. The van der Waals surface area contributed by atoms with E-state index in [2.05, 4.69) is 20.8 Å². The fraction of sp³-hybridized carbons (Fsp3) is 0.697. The highest BCUT2D eigenvalue weighted by atomic mass is 28.4. The third kappa shape index (κ3) is 4.41. The van der Waals surface area contributed by atoms with Crippen molar-refractivity contribution >= 4 is 20.1 Å². The Hall–Kier alpha value is -1.88. The standard InChI is InChI=1S/C33H48O8Si/c1-8-42(9-2,10-3)41-24-16-23-21(18-39-23)26-29(40-30(37)20-14-12-11-13-15-20)33(38)17-22(34)19(4)25(31(33,5)6)27(35)28(36)32(24,26)7/h11-15,21-24,26,28-29,34,36,38H,8-10,16-18H2,1-7H3/t21-,22+,23-,24+,26?,28-,29?,32-,33-/m1/s1. The van der Waals surface area contributed by atoms with E-state index in [0.717, 1.165) is 18.1 Å². The minimum absolute atomic E-state index is 0.112. The highest BCUT2D eigenvalue weighted by molar-refractivity contribution is 6.73. The number of aliphatic hydroxyl groups excluding tert-OH is 2. The van der Waals surface area contributed by atoms with Crippen LogP contribution in [0.15, 0.2) is 41.5 Å². The van der Waals surface area contributed by atoms with Gasteiger partial charge in [0.25, 0.3) is 0 Å². The molecule has 9 heteroatoms. The fourth-order valence-corrected chi connectivity index (χ4v) is 11.6. The molecule has 1 saturated heterocycles. The Morgan fingerprint density at radius 1 is 1.07 bits per heavy atom. The molecule has 3 fully saturated rings. The monoisotopic (exact) mass is 600 g/mol. The lowest BCUT2D eigenvalue weighted by atomic mass is 9.45. The van der Waals surface area contributed by atoms with Crippen molar-refractivity contribution in [2.24, 2.45) is 22.7 Å². The molecule has 1 aromatic carbocycles. The number of ketones is 1. The van der Waals surface area contributed by atoms with Crippen LogP contribution in [-0.2, 0) is 18.7 Å². The van der Waals surface area contributed by atoms with Gasteiger partial charge in [-0.25, -0.2) is 4.79 Å². The van der Waals surface area contributed by atoms with Crippen LogP contribution in [0.2, 0.25) is 18.1 Å². The van der Waals surface area contributed by atoms with E-state index in [1.807, 2.05) is 13.0 Å². The number of Topliss-reactive ketones (excluding diaryl/α,β-unsaturated/α-hetero) is 1. The van der Waals surface area contributed by atoms with E-state index in [-0.39, 0.29) is 24.0 Å². The van der Waals surface area contributed by atoms with Crippen molar-refractivity contribution < 1.29 is 38.8 Å². The molecule has 3 aliphatic carbocycles. The van der Waals surface area contributed by atoms with Crippen LogP contribution in [0.3, 0.4) is 0 Å². The minimum Gasteiger partial charge on any atom is -0.455 e. The van der Waals surface area contributed by atoms with Gasteiger partial charge in [0.15, 0.2) is 14.1 Å². The maximum atomic E-state index is 14.4. The van der Waals surface area contributed by atoms with Crippen LogP contribution in [-0.4, -0.2) is 78.1 Å². The molecule has 2 unspecified atom stereocenters. The summed E-state index contributed by atoms with van der Waals surface area (Å²) in [4.78, 5) is 28.2. The molecule has 5 rings (SSSR count). The Labute approximate surface area is 250 Å². The van der Waals surface area contributed by atoms with Gasteiger partial charge in [-0.15, -0.1) is 0 Å². The molecule has 1 heterocycles. The van der Waals surface area contributed by atoms with E-state index in [9.17, 15) is 24.9 Å². The average Bonchev–Trinajstić information content (AvgIpc) is 2.96. The number of esters is 1. The van der Waals surface area contributed by atoms with Crippen LogP contribution >= 0.6 is 0 Å². The summed E-state index contributed by atoms with van der Waals surface area (Å²) in [6.45, 7) is 13.8. The molecule has 1 aromatic rings. The normalized spacial score (nSPS) is 39.4. The molecule has 0 radical (unpaired) electrons. The second kappa shape index (κ2) is 10.9. The Morgan fingerprint density at radius 3 is 2.24 bits per heavy atom. The summed E-state index contributed by atoms with van der Waals surface area (Å²) in [6, 6.07) is 11.3. The van der Waals surface area contributed by atoms with Crippen LogP contribution in [0.5, 0.6) is 0 Å². The number of carbonyl (C=O) groups excluding carboxylic acids is 2. The van der Waals surface area contributed by atoms with Crippen molar-refractivity contribution in [1.29, 1.82) is 0 Å². The van der Waals surface area contributed by atoms with Crippen molar-refractivity contribution in [1.82, 2.24) is 0 Å². The first-order valence-electron chi connectivity index (χ1n) is 15.6. The molecule has 1 aliphatic heterocycles. The third-order valence-electron chi connectivity index (χ3n) is 11.9. The smallest absolute Gasteiger partial charge is 0.338 e. The van der Waals surface area contributed by atoms with E-state index in [1.165, 1.54) is 0 Å². The molecule has 2 saturated carbocycles. The first kappa shape index (κ1) is 31.5. The summed E-state index contributed by atoms with van der Waals surface area (Å²) in [6.07, 6.45) is -4.16. The zero-order valence-corrected chi connectivity index (χ0v) is 27.1. The highest BCUT2D eigenvalue weighted by Gasteiger charge is 2.72. The van der Waals surface area contributed by atoms with Gasteiger partial charge in [-0.1, -0.05) is 59.7 Å². The van der Waals surface area contributed by atoms with Crippen molar-refractivity contribution in [3.63, 3.8) is 0 Å². The SMILES string of the molecule is CC[Si](CC)(CC)O[C@H]1C[C@H]2OC[C@H]2C2C(OC(=O)c3ccccc3)[C@]3(O)C[C@H](O)C(C)=C(C(=O)[C@@H](O)[C@@]21C)C3(C)C. The average molecular weight is 601 g/mol. The lowest BCUT2D eigenvalue weighted by molar-refractivity contribution is -0.289. The first-order chi connectivity index (χ1) is 19.7. The number of ether oxygens (including phenoxy) is 2. The Kier molecular flexibility index (Phi) is 8.21. The number of fused-ring (bicyclic) bond motifs is 5. The summed E-state index contributed by atoms with van der Waals surface area (Å²) in [5.74, 6) is -1.96. The lowest BCUT2D eigenvalue weighted by Gasteiger charge is -2.66. The van der Waals surface area contributed by atoms with Crippen molar-refractivity contribution in [2.75, 3.05) is 6.61 Å². The lowest BCUT2D eigenvalue weighted by Crippen LogP contribution is -2.75. The summed E-state index contributed by atoms with van der Waals surface area (Å²) in [7, 11) is -2.24. The summed E-state index contributed by atoms with van der Waals surface area (Å²) in [5, 5.41) is 36.3. The van der Waals surface area contributed by atoms with E-state index in [1.54, 1.807) is 45.0 Å². The number of hydrogen-bond acceptors (Lipinski definition) is 8. The molecule has 9 atom stereocenters. The maximum absolute atomic E-state index is 14.4. The molecular weight excluding hydrogens is 552 g/mol. The predicted octanol–water partition coefficient (Wildman–Crippen LogP) is 4.43. The van der Waals surface area contributed by atoms with Gasteiger partial charge in [-0.2, -0.15) is 0 Å². The van der Waals surface area contributed by atoms with E-state index >= 15 is 0 Å². The molecule has 8 nitrogen and oxygen atoms in total. The van der Waals surface area contributed by atoms with Crippen LogP contribution in [0.4, 0.5) is 0 Å². The van der Waals surface area contributed by atoms with Gasteiger partial charge in [0.1, 0.15) is 17.8 Å². The second-order valence-electron chi connectivity index (χ2n) is 13.8. The zero-order valence-electron chi connectivity index (χ0n) is 26.1. The summed E-state index contributed by atoms with van der Waals surface area (Å²) < 4.78 is 19.6. The second-order valence-corrected chi connectivity index (χ2v) is 18.5. The van der Waals surface area contributed by atoms with Gasteiger partial charge in [0.05, 0.1) is 30.5 Å². The Morgan fingerprint density at radius 2 is 1.69 bits per heavy atom. The summed E-state index contributed by atoms with van der Waals surface area (Å²) in [5.41, 5.74) is -3.28. The van der Waals surface area contributed by atoms with Crippen molar-refractivity contribution in [2.45, 2.75) is 116 Å². The zero-order chi connectivity index (χ0) is 30.8. The third-order valence-corrected chi connectivity index (χ3v) is 16.5. The van der Waals surface area contributed by atoms with Gasteiger partial charge in [0.2, 0.25) is 0 Å². The Bertz CT molecular complexity index is 1230. The maximum Gasteiger partial charge on any atom is 0.338 e. The van der Waals surface area contributed by atoms with Gasteiger partial charge in [-0.05, 0) is 49.2 Å². The molecule has 4 aliphatic rings. The topological polar surface area (TPSA) is 123 Å². The minimum atomic E-state index is -2.24. The molecule has 232 valence electrons. The first-order valence-corrected chi connectivity index (χ1v) is 18.1. The van der Waals surface area contributed by atoms with Crippen molar-refractivity contribution in [3.8, 4) is 0 Å². The Balaban J connectivity index is 1.75. The molecule has 0 aromatic heterocycles. The number of benzene rings is 1. The molecule has 42 heavy (non-hydrogen) atoms. The van der Waals surface area contributed by atoms with Crippen molar-refractivity contribution in [3.05, 3.63) is 47.0 Å². The molecule has 2 bridgehead atoms. The number of rotatable bonds is 7. The highest BCUT2D eigenvalue weighted by Crippen LogP contribution is 2.63. The number of aliphatic hydroxyl groups is 3. The number of carbonyl (C=O) groups is 2. The fourth-order valence-electron chi connectivity index (χ4n) is 8.65. The van der Waals surface area contributed by atoms with Crippen LogP contribution in [0, 0.1) is 22.7 Å². The van der Waals surface area contributed by atoms with E-state index in [4.69, 9.17) is 13.9 Å². The predicted molar refractivity (Wildman–Crippen MR) is 160 cm³/mol. The van der Waals surface area contributed by atoms with Gasteiger partial charge >= 0.3 is 5.97 Å². The molecular formula is C33H48O8Si. The van der Waals surface area contributed by atoms with Crippen LogP contribution in [0.25, 0.3) is 0 Å². The van der Waals surface area contributed by atoms with E-state index < -0.39 is 66.8 Å². The van der Waals surface area contributed by atoms with E-state index in [0.29, 0.717) is 24.2 Å². The molecule has 3 N–H and O–H groups in total. The molecule has 0 spiro atoms. The summed E-state index contributed by atoms with van der Waals surface area (Å²) >= 11 is 0. The number of hydrogen-bond donors (Lipinski definition) is 3. The van der Waals surface area contributed by atoms with Gasteiger partial charge < -0.3 is 29.2 Å². The largest absolute Gasteiger partial charge is 0.455 e. The van der Waals surface area contributed by atoms with Crippen LogP contribution in [0.1, 0.15) is 71.7 Å². The molecule has 0 amide bonds. The van der Waals surface area contributed by atoms with Crippen LogP contribution < -0.4 is 0 Å².